The average molecular weight is 340 g/mol. The maximum absolute atomic E-state index is 12.2. The molecule has 1 atom stereocenters. The summed E-state index contributed by atoms with van der Waals surface area (Å²) in [6.07, 6.45) is 0.351. The van der Waals surface area contributed by atoms with Crippen LogP contribution in [0.5, 0.6) is 5.75 Å². The van der Waals surface area contributed by atoms with E-state index in [0.29, 0.717) is 13.0 Å². The highest BCUT2D eigenvalue weighted by Gasteiger charge is 2.13. The maximum atomic E-state index is 12.2. The number of carbonyl (C=O) groups is 1. The van der Waals surface area contributed by atoms with Crippen molar-refractivity contribution in [2.24, 2.45) is 0 Å². The summed E-state index contributed by atoms with van der Waals surface area (Å²) in [5.74, 6) is 0.969. The first-order chi connectivity index (χ1) is 11.7. The van der Waals surface area contributed by atoms with Crippen LogP contribution in [0.2, 0.25) is 0 Å². The highest BCUT2D eigenvalue weighted by atomic mass is 32.1. The molecule has 3 rings (SSSR count). The summed E-state index contributed by atoms with van der Waals surface area (Å²) in [6.45, 7) is 2.67. The van der Waals surface area contributed by atoms with Crippen molar-refractivity contribution in [2.45, 2.75) is 19.3 Å². The van der Waals surface area contributed by atoms with Crippen LogP contribution < -0.4 is 10.1 Å². The maximum Gasteiger partial charge on any atom is 0.224 e. The number of fused-ring (bicyclic) bond motifs is 1. The third-order valence-corrected chi connectivity index (χ3v) is 5.10. The molecule has 0 saturated heterocycles. The fourth-order valence-corrected chi connectivity index (χ4v) is 3.50. The van der Waals surface area contributed by atoms with E-state index in [9.17, 15) is 4.79 Å². The van der Waals surface area contributed by atoms with Crippen molar-refractivity contribution in [3.63, 3.8) is 0 Å². The largest absolute Gasteiger partial charge is 0.497 e. The molecule has 0 aliphatic rings. The molecule has 2 aromatic carbocycles. The molecule has 0 spiro atoms. The number of methoxy groups -OCH3 is 1. The molecule has 24 heavy (non-hydrogen) atoms. The third-order valence-electron chi connectivity index (χ3n) is 3.84. The van der Waals surface area contributed by atoms with Crippen LogP contribution in [0.25, 0.3) is 10.2 Å². The SMILES string of the molecule is COc1cccc(CC(=O)NCC(C)c2nc3ccccc3s2)c1. The second kappa shape index (κ2) is 7.45. The van der Waals surface area contributed by atoms with Crippen LogP contribution in [0.1, 0.15) is 23.4 Å². The molecule has 0 saturated carbocycles. The Morgan fingerprint density at radius 3 is 2.88 bits per heavy atom. The molecule has 1 heterocycles. The van der Waals surface area contributed by atoms with Crippen LogP contribution in [0, 0.1) is 0 Å². The number of ether oxygens (including phenoxy) is 1. The summed E-state index contributed by atoms with van der Waals surface area (Å²) in [4.78, 5) is 16.8. The van der Waals surface area contributed by atoms with Gasteiger partial charge in [-0.15, -0.1) is 11.3 Å². The Balaban J connectivity index is 1.57. The van der Waals surface area contributed by atoms with Gasteiger partial charge in [-0.25, -0.2) is 4.98 Å². The molecule has 0 radical (unpaired) electrons. The van der Waals surface area contributed by atoms with Crippen LogP contribution in [0.3, 0.4) is 0 Å². The Morgan fingerprint density at radius 2 is 2.08 bits per heavy atom. The second-order valence-electron chi connectivity index (χ2n) is 5.75. The number of amides is 1. The Kier molecular flexibility index (Phi) is 5.11. The zero-order chi connectivity index (χ0) is 16.9. The van der Waals surface area contributed by atoms with Crippen molar-refractivity contribution in [3.05, 3.63) is 59.1 Å². The Bertz CT molecular complexity index is 811. The number of aromatic nitrogens is 1. The van der Waals surface area contributed by atoms with Crippen LogP contribution >= 0.6 is 11.3 Å². The zero-order valence-electron chi connectivity index (χ0n) is 13.8. The Labute approximate surface area is 145 Å². The number of hydrogen-bond acceptors (Lipinski definition) is 4. The van der Waals surface area contributed by atoms with Gasteiger partial charge in [0.1, 0.15) is 5.75 Å². The van der Waals surface area contributed by atoms with Crippen molar-refractivity contribution in [3.8, 4) is 5.75 Å². The van der Waals surface area contributed by atoms with E-state index in [2.05, 4.69) is 23.3 Å². The molecule has 0 aliphatic heterocycles. The second-order valence-corrected chi connectivity index (χ2v) is 6.82. The summed E-state index contributed by atoms with van der Waals surface area (Å²) >= 11 is 1.69. The van der Waals surface area contributed by atoms with E-state index in [1.54, 1.807) is 18.4 Å². The first-order valence-corrected chi connectivity index (χ1v) is 8.72. The number of rotatable bonds is 6. The number of hydrogen-bond donors (Lipinski definition) is 1. The fourth-order valence-electron chi connectivity index (χ4n) is 2.49. The van der Waals surface area contributed by atoms with Crippen molar-refractivity contribution >= 4 is 27.5 Å². The zero-order valence-corrected chi connectivity index (χ0v) is 14.6. The van der Waals surface area contributed by atoms with Gasteiger partial charge in [-0.2, -0.15) is 0 Å². The van der Waals surface area contributed by atoms with Gasteiger partial charge in [0.25, 0.3) is 0 Å². The van der Waals surface area contributed by atoms with Crippen molar-refractivity contribution < 1.29 is 9.53 Å². The van der Waals surface area contributed by atoms with E-state index in [0.717, 1.165) is 21.8 Å². The summed E-state index contributed by atoms with van der Waals surface area (Å²) in [5, 5.41) is 4.05. The van der Waals surface area contributed by atoms with Gasteiger partial charge in [0, 0.05) is 12.5 Å². The molecule has 4 nitrogen and oxygen atoms in total. The smallest absolute Gasteiger partial charge is 0.224 e. The summed E-state index contributed by atoms with van der Waals surface area (Å²) in [5.41, 5.74) is 1.96. The number of nitrogens with one attached hydrogen (secondary N) is 1. The third kappa shape index (κ3) is 3.92. The van der Waals surface area contributed by atoms with E-state index < -0.39 is 0 Å². The lowest BCUT2D eigenvalue weighted by atomic mass is 10.1. The quantitative estimate of drug-likeness (QED) is 0.743. The monoisotopic (exact) mass is 340 g/mol. The van der Waals surface area contributed by atoms with Crippen LogP contribution in [0.4, 0.5) is 0 Å². The minimum atomic E-state index is 0.0104. The highest BCUT2D eigenvalue weighted by molar-refractivity contribution is 7.18. The van der Waals surface area contributed by atoms with Crippen molar-refractivity contribution in [1.82, 2.24) is 10.3 Å². The van der Waals surface area contributed by atoms with Gasteiger partial charge < -0.3 is 10.1 Å². The molecule has 0 fully saturated rings. The number of benzene rings is 2. The molecular formula is C19H20N2O2S. The predicted molar refractivity (Wildman–Crippen MR) is 97.7 cm³/mol. The fraction of sp³-hybridized carbons (Fsp3) is 0.263. The number of nitrogens with zero attached hydrogens (tertiary/aromatic N) is 1. The number of para-hydroxylation sites is 1. The van der Waals surface area contributed by atoms with E-state index >= 15 is 0 Å². The van der Waals surface area contributed by atoms with Gasteiger partial charge in [0.2, 0.25) is 5.91 Å². The molecule has 1 unspecified atom stereocenters. The van der Waals surface area contributed by atoms with E-state index in [1.165, 1.54) is 4.70 Å². The molecule has 0 aliphatic carbocycles. The van der Waals surface area contributed by atoms with Crippen LogP contribution in [0.15, 0.2) is 48.5 Å². The normalized spacial score (nSPS) is 12.1. The van der Waals surface area contributed by atoms with E-state index in [4.69, 9.17) is 4.74 Å². The predicted octanol–water partition coefficient (Wildman–Crippen LogP) is 3.77. The highest BCUT2D eigenvalue weighted by Crippen LogP contribution is 2.26. The van der Waals surface area contributed by atoms with Gasteiger partial charge in [-0.05, 0) is 29.8 Å². The first-order valence-electron chi connectivity index (χ1n) is 7.91. The lowest BCUT2D eigenvalue weighted by Gasteiger charge is -2.10. The Hall–Kier alpha value is -2.40. The average Bonchev–Trinajstić information content (AvgIpc) is 3.04. The van der Waals surface area contributed by atoms with Gasteiger partial charge in [-0.3, -0.25) is 4.79 Å². The molecule has 124 valence electrons. The van der Waals surface area contributed by atoms with Crippen LogP contribution in [-0.4, -0.2) is 24.5 Å². The van der Waals surface area contributed by atoms with Gasteiger partial charge in [0.05, 0.1) is 28.8 Å². The topological polar surface area (TPSA) is 51.2 Å². The summed E-state index contributed by atoms with van der Waals surface area (Å²) in [7, 11) is 1.62. The van der Waals surface area contributed by atoms with Crippen molar-refractivity contribution in [1.29, 1.82) is 0 Å². The lowest BCUT2D eigenvalue weighted by Crippen LogP contribution is -2.28. The molecule has 1 amide bonds. The summed E-state index contributed by atoms with van der Waals surface area (Å²) in [6, 6.07) is 15.7. The molecular weight excluding hydrogens is 320 g/mol. The van der Waals surface area contributed by atoms with E-state index in [1.807, 2.05) is 42.5 Å². The van der Waals surface area contributed by atoms with Crippen molar-refractivity contribution in [2.75, 3.05) is 13.7 Å². The standard InChI is InChI=1S/C19H20N2O2S/c1-13(19-21-16-8-3-4-9-17(16)24-19)12-20-18(22)11-14-6-5-7-15(10-14)23-2/h3-10,13H,11-12H2,1-2H3,(H,20,22). The molecule has 1 N–H and O–H groups in total. The number of carbonyl (C=O) groups excluding carboxylic acids is 1. The Morgan fingerprint density at radius 1 is 1.25 bits per heavy atom. The lowest BCUT2D eigenvalue weighted by molar-refractivity contribution is -0.120. The number of thiazole rings is 1. The molecule has 0 bridgehead atoms. The van der Waals surface area contributed by atoms with Gasteiger partial charge >= 0.3 is 0 Å². The molecule has 3 aromatic rings. The first kappa shape index (κ1) is 16.5. The minimum Gasteiger partial charge on any atom is -0.497 e. The molecule has 5 heteroatoms. The summed E-state index contributed by atoms with van der Waals surface area (Å²) < 4.78 is 6.37. The van der Waals surface area contributed by atoms with Gasteiger partial charge in [-0.1, -0.05) is 31.2 Å². The van der Waals surface area contributed by atoms with Crippen LogP contribution in [-0.2, 0) is 11.2 Å². The van der Waals surface area contributed by atoms with E-state index in [-0.39, 0.29) is 11.8 Å². The van der Waals surface area contributed by atoms with Gasteiger partial charge in [0.15, 0.2) is 0 Å². The minimum absolute atomic E-state index is 0.0104. The molecule has 1 aromatic heterocycles.